The lowest BCUT2D eigenvalue weighted by molar-refractivity contribution is 0.502. The van der Waals surface area contributed by atoms with Crippen LogP contribution >= 0.6 is 0 Å². The number of nitriles is 1. The first-order valence-corrected chi connectivity index (χ1v) is 5.06. The lowest BCUT2D eigenvalue weighted by Gasteiger charge is -2.22. The topological polar surface area (TPSA) is 27.0 Å². The highest BCUT2D eigenvalue weighted by Crippen LogP contribution is 2.23. The van der Waals surface area contributed by atoms with E-state index in [1.54, 1.807) is 18.0 Å². The molecule has 0 unspecified atom stereocenters. The highest BCUT2D eigenvalue weighted by Gasteiger charge is 2.16. The van der Waals surface area contributed by atoms with Crippen LogP contribution in [0.15, 0.2) is 12.1 Å². The smallest absolute Gasteiger partial charge is 0.183 e. The highest BCUT2D eigenvalue weighted by atomic mass is 19.2. The lowest BCUT2D eigenvalue weighted by atomic mass is 10.1. The van der Waals surface area contributed by atoms with Crippen LogP contribution in [0.4, 0.5) is 14.5 Å². The van der Waals surface area contributed by atoms with E-state index in [2.05, 4.69) is 0 Å². The molecule has 86 valence electrons. The molecule has 1 aromatic rings. The molecule has 2 nitrogen and oxygen atoms in total. The van der Waals surface area contributed by atoms with Crippen molar-refractivity contribution in [1.82, 2.24) is 0 Å². The monoisotopic (exact) mass is 224 g/mol. The van der Waals surface area contributed by atoms with Crippen LogP contribution in [-0.2, 0) is 0 Å². The molecule has 0 fully saturated rings. The van der Waals surface area contributed by atoms with Gasteiger partial charge in [-0.2, -0.15) is 5.26 Å². The van der Waals surface area contributed by atoms with Gasteiger partial charge >= 0.3 is 0 Å². The minimum atomic E-state index is -1.07. The Kier molecular flexibility index (Phi) is 3.83. The van der Waals surface area contributed by atoms with E-state index in [4.69, 9.17) is 5.26 Å². The van der Waals surface area contributed by atoms with E-state index in [0.717, 1.165) is 0 Å². The number of nitrogens with zero attached hydrogens (tertiary/aromatic N) is 2. The summed E-state index contributed by atoms with van der Waals surface area (Å²) in [5, 5.41) is 8.55. The first kappa shape index (κ1) is 12.4. The first-order chi connectivity index (χ1) is 7.47. The fourth-order valence-electron chi connectivity index (χ4n) is 1.57. The Bertz CT molecular complexity index is 422. The molecule has 0 saturated heterocycles. The fourth-order valence-corrected chi connectivity index (χ4v) is 1.57. The summed E-state index contributed by atoms with van der Waals surface area (Å²) in [6.45, 7) is 4.62. The number of halogens is 2. The largest absolute Gasteiger partial charge is 0.372 e. The lowest BCUT2D eigenvalue weighted by Crippen LogP contribution is -2.23. The Labute approximate surface area is 94.1 Å². The van der Waals surface area contributed by atoms with Crippen molar-refractivity contribution >= 4 is 5.69 Å². The van der Waals surface area contributed by atoms with Crippen molar-refractivity contribution in [3.05, 3.63) is 29.3 Å². The average molecular weight is 224 g/mol. The fraction of sp³-hybridized carbons (Fsp3) is 0.417. The molecule has 1 aromatic carbocycles. The second kappa shape index (κ2) is 4.93. The van der Waals surface area contributed by atoms with Gasteiger partial charge in [-0.1, -0.05) is 13.8 Å². The van der Waals surface area contributed by atoms with Crippen molar-refractivity contribution in [3.8, 4) is 6.07 Å². The molecule has 0 amide bonds. The van der Waals surface area contributed by atoms with Crippen molar-refractivity contribution in [2.75, 3.05) is 18.5 Å². The van der Waals surface area contributed by atoms with E-state index in [9.17, 15) is 8.78 Å². The Balaban J connectivity index is 3.08. The van der Waals surface area contributed by atoms with Gasteiger partial charge in [-0.15, -0.1) is 0 Å². The second-order valence-electron chi connectivity index (χ2n) is 4.15. The van der Waals surface area contributed by atoms with E-state index in [-0.39, 0.29) is 11.3 Å². The van der Waals surface area contributed by atoms with Crippen molar-refractivity contribution in [3.63, 3.8) is 0 Å². The average Bonchev–Trinajstić information content (AvgIpc) is 2.20. The van der Waals surface area contributed by atoms with Gasteiger partial charge in [0.05, 0.1) is 11.3 Å². The van der Waals surface area contributed by atoms with Gasteiger partial charge < -0.3 is 4.90 Å². The number of hydrogen-bond acceptors (Lipinski definition) is 2. The predicted molar refractivity (Wildman–Crippen MR) is 59.2 cm³/mol. The summed E-state index contributed by atoms with van der Waals surface area (Å²) in [6, 6.07) is 4.34. The van der Waals surface area contributed by atoms with Gasteiger partial charge in [0.2, 0.25) is 0 Å². The van der Waals surface area contributed by atoms with Crippen molar-refractivity contribution in [2.45, 2.75) is 13.8 Å². The van der Waals surface area contributed by atoms with E-state index in [1.165, 1.54) is 12.1 Å². The number of rotatable bonds is 3. The van der Waals surface area contributed by atoms with Gasteiger partial charge in [0, 0.05) is 13.6 Å². The maximum absolute atomic E-state index is 13.6. The maximum atomic E-state index is 13.6. The van der Waals surface area contributed by atoms with Crippen LogP contribution < -0.4 is 4.90 Å². The summed E-state index contributed by atoms with van der Waals surface area (Å²) in [4.78, 5) is 1.64. The maximum Gasteiger partial charge on any atom is 0.183 e. The second-order valence-corrected chi connectivity index (χ2v) is 4.15. The zero-order valence-electron chi connectivity index (χ0n) is 9.59. The molecule has 0 N–H and O–H groups in total. The normalized spacial score (nSPS) is 10.3. The minimum absolute atomic E-state index is 0.185. The zero-order valence-corrected chi connectivity index (χ0v) is 9.59. The predicted octanol–water partition coefficient (Wildman–Crippen LogP) is 2.93. The molecule has 0 aliphatic rings. The molecule has 0 aromatic heterocycles. The van der Waals surface area contributed by atoms with Crippen molar-refractivity contribution < 1.29 is 8.78 Å². The van der Waals surface area contributed by atoms with Gasteiger partial charge in [-0.05, 0) is 18.1 Å². The van der Waals surface area contributed by atoms with E-state index >= 15 is 0 Å². The Morgan fingerprint density at radius 2 is 1.94 bits per heavy atom. The third-order valence-electron chi connectivity index (χ3n) is 2.23. The molecule has 0 spiro atoms. The molecular formula is C12H14F2N2. The molecule has 4 heteroatoms. The van der Waals surface area contributed by atoms with Gasteiger partial charge in [-0.25, -0.2) is 8.78 Å². The third-order valence-corrected chi connectivity index (χ3v) is 2.23. The van der Waals surface area contributed by atoms with Gasteiger partial charge in [-0.3, -0.25) is 0 Å². The number of benzene rings is 1. The van der Waals surface area contributed by atoms with Gasteiger partial charge in [0.25, 0.3) is 0 Å². The minimum Gasteiger partial charge on any atom is -0.372 e. The van der Waals surface area contributed by atoms with Crippen LogP contribution in [0.5, 0.6) is 0 Å². The van der Waals surface area contributed by atoms with Gasteiger partial charge in [0.1, 0.15) is 6.07 Å². The summed E-state index contributed by atoms with van der Waals surface area (Å²) in [7, 11) is 1.70. The first-order valence-electron chi connectivity index (χ1n) is 5.06. The van der Waals surface area contributed by atoms with Crippen LogP contribution in [0, 0.1) is 28.9 Å². The summed E-state index contributed by atoms with van der Waals surface area (Å²) >= 11 is 0. The molecule has 0 aliphatic carbocycles. The molecule has 0 heterocycles. The standard InChI is InChI=1S/C12H14F2N2/c1-8(2)7-16(3)10-5-4-9(6-15)11(13)12(10)14/h4-5,8H,7H2,1-3H3. The molecule has 1 rings (SSSR count). The Hall–Kier alpha value is -1.63. The molecule has 16 heavy (non-hydrogen) atoms. The number of anilines is 1. The van der Waals surface area contributed by atoms with Crippen LogP contribution in [0.2, 0.25) is 0 Å². The molecule has 0 atom stereocenters. The Morgan fingerprint density at radius 1 is 1.31 bits per heavy atom. The van der Waals surface area contributed by atoms with Crippen LogP contribution in [-0.4, -0.2) is 13.6 Å². The summed E-state index contributed by atoms with van der Waals surface area (Å²) in [5.41, 5.74) is -0.0793. The van der Waals surface area contributed by atoms with Gasteiger partial charge in [0.15, 0.2) is 11.6 Å². The third kappa shape index (κ3) is 2.48. The number of hydrogen-bond donors (Lipinski definition) is 0. The molecule has 0 radical (unpaired) electrons. The van der Waals surface area contributed by atoms with E-state index in [1.807, 2.05) is 13.8 Å². The molecular weight excluding hydrogens is 210 g/mol. The SMILES string of the molecule is CC(C)CN(C)c1ccc(C#N)c(F)c1F. The molecule has 0 saturated carbocycles. The Morgan fingerprint density at radius 3 is 2.44 bits per heavy atom. The van der Waals surface area contributed by atoms with E-state index < -0.39 is 11.6 Å². The molecule has 0 bridgehead atoms. The summed E-state index contributed by atoms with van der Waals surface area (Å²) in [6.07, 6.45) is 0. The summed E-state index contributed by atoms with van der Waals surface area (Å²) < 4.78 is 26.9. The van der Waals surface area contributed by atoms with E-state index in [0.29, 0.717) is 12.5 Å². The highest BCUT2D eigenvalue weighted by molar-refractivity contribution is 5.51. The van der Waals surface area contributed by atoms with Crippen molar-refractivity contribution in [2.24, 2.45) is 5.92 Å². The quantitative estimate of drug-likeness (QED) is 0.789. The van der Waals surface area contributed by atoms with Crippen LogP contribution in [0.25, 0.3) is 0 Å². The summed E-state index contributed by atoms with van der Waals surface area (Å²) in [5.74, 6) is -1.68. The van der Waals surface area contributed by atoms with Crippen LogP contribution in [0.1, 0.15) is 19.4 Å². The molecule has 0 aliphatic heterocycles. The van der Waals surface area contributed by atoms with Crippen LogP contribution in [0.3, 0.4) is 0 Å². The zero-order chi connectivity index (χ0) is 12.3. The van der Waals surface area contributed by atoms with Crippen molar-refractivity contribution in [1.29, 1.82) is 5.26 Å².